The lowest BCUT2D eigenvalue weighted by Gasteiger charge is -2.35. The third-order valence-corrected chi connectivity index (χ3v) is 3.58. The standard InChI is InChI=1S/C15H24N2O2/c1-11(2)17-6-7-18-14(9-17)10-19-13-4-5-15(16)12(3)8-13/h4-5,8,11,14H,6-7,9-10,16H2,1-3H3. The molecule has 0 amide bonds. The maximum absolute atomic E-state index is 5.80. The van der Waals surface area contributed by atoms with Crippen LogP contribution >= 0.6 is 0 Å². The minimum absolute atomic E-state index is 0.147. The van der Waals surface area contributed by atoms with Crippen molar-refractivity contribution in [1.82, 2.24) is 4.90 Å². The average Bonchev–Trinajstić information content (AvgIpc) is 2.40. The van der Waals surface area contributed by atoms with E-state index in [0.29, 0.717) is 12.6 Å². The van der Waals surface area contributed by atoms with Crippen LogP contribution in [0.4, 0.5) is 5.69 Å². The van der Waals surface area contributed by atoms with Gasteiger partial charge in [-0.15, -0.1) is 0 Å². The molecular weight excluding hydrogens is 240 g/mol. The highest BCUT2D eigenvalue weighted by molar-refractivity contribution is 5.49. The van der Waals surface area contributed by atoms with E-state index < -0.39 is 0 Å². The topological polar surface area (TPSA) is 47.7 Å². The van der Waals surface area contributed by atoms with Gasteiger partial charge in [0.25, 0.3) is 0 Å². The van der Waals surface area contributed by atoms with Gasteiger partial charge in [-0.2, -0.15) is 0 Å². The molecule has 1 aromatic rings. The molecule has 1 fully saturated rings. The zero-order valence-electron chi connectivity index (χ0n) is 12.1. The Morgan fingerprint density at radius 3 is 2.95 bits per heavy atom. The fourth-order valence-electron chi connectivity index (χ4n) is 2.24. The first-order valence-corrected chi connectivity index (χ1v) is 6.91. The molecular formula is C15H24N2O2. The summed E-state index contributed by atoms with van der Waals surface area (Å²) in [5, 5.41) is 0. The number of rotatable bonds is 4. The smallest absolute Gasteiger partial charge is 0.119 e. The van der Waals surface area contributed by atoms with Crippen LogP contribution in [-0.4, -0.2) is 43.3 Å². The van der Waals surface area contributed by atoms with Crippen LogP contribution in [0.5, 0.6) is 5.75 Å². The summed E-state index contributed by atoms with van der Waals surface area (Å²) in [5.74, 6) is 0.858. The third-order valence-electron chi connectivity index (χ3n) is 3.58. The first-order valence-electron chi connectivity index (χ1n) is 6.91. The van der Waals surface area contributed by atoms with Gasteiger partial charge < -0.3 is 15.2 Å². The zero-order chi connectivity index (χ0) is 13.8. The van der Waals surface area contributed by atoms with Crippen molar-refractivity contribution in [3.63, 3.8) is 0 Å². The molecule has 1 heterocycles. The van der Waals surface area contributed by atoms with Crippen molar-refractivity contribution in [2.24, 2.45) is 0 Å². The first kappa shape index (κ1) is 14.2. The van der Waals surface area contributed by atoms with Gasteiger partial charge in [0.05, 0.1) is 6.61 Å². The van der Waals surface area contributed by atoms with Gasteiger partial charge in [0.15, 0.2) is 0 Å². The van der Waals surface area contributed by atoms with Gasteiger partial charge in [-0.3, -0.25) is 4.90 Å². The number of nitrogens with zero attached hydrogens (tertiary/aromatic N) is 1. The Morgan fingerprint density at radius 2 is 2.26 bits per heavy atom. The molecule has 0 aliphatic carbocycles. The summed E-state index contributed by atoms with van der Waals surface area (Å²) in [7, 11) is 0. The quantitative estimate of drug-likeness (QED) is 0.846. The van der Waals surface area contributed by atoms with Crippen LogP contribution in [0.3, 0.4) is 0 Å². The van der Waals surface area contributed by atoms with E-state index in [1.807, 2.05) is 25.1 Å². The van der Waals surface area contributed by atoms with E-state index in [0.717, 1.165) is 36.7 Å². The van der Waals surface area contributed by atoms with E-state index in [9.17, 15) is 0 Å². The highest BCUT2D eigenvalue weighted by atomic mass is 16.5. The fourth-order valence-corrected chi connectivity index (χ4v) is 2.24. The van der Waals surface area contributed by atoms with E-state index in [-0.39, 0.29) is 6.10 Å². The number of morpholine rings is 1. The minimum Gasteiger partial charge on any atom is -0.491 e. The molecule has 1 atom stereocenters. The molecule has 2 rings (SSSR count). The normalized spacial score (nSPS) is 20.7. The second-order valence-electron chi connectivity index (χ2n) is 5.41. The predicted molar refractivity (Wildman–Crippen MR) is 77.5 cm³/mol. The highest BCUT2D eigenvalue weighted by Gasteiger charge is 2.22. The Bertz CT molecular complexity index is 421. The number of nitrogen functional groups attached to an aromatic ring is 1. The zero-order valence-corrected chi connectivity index (χ0v) is 12.1. The van der Waals surface area contributed by atoms with Gasteiger partial charge in [0.2, 0.25) is 0 Å². The highest BCUT2D eigenvalue weighted by Crippen LogP contribution is 2.19. The predicted octanol–water partition coefficient (Wildman–Crippen LogP) is 2.07. The van der Waals surface area contributed by atoms with Gasteiger partial charge in [-0.1, -0.05) is 0 Å². The Morgan fingerprint density at radius 1 is 1.47 bits per heavy atom. The van der Waals surface area contributed by atoms with E-state index in [4.69, 9.17) is 15.2 Å². The molecule has 1 aliphatic heterocycles. The summed E-state index contributed by atoms with van der Waals surface area (Å²) in [6, 6.07) is 6.32. The van der Waals surface area contributed by atoms with Crippen LogP contribution < -0.4 is 10.5 Å². The number of hydrogen-bond donors (Lipinski definition) is 1. The maximum atomic E-state index is 5.80. The van der Waals surface area contributed by atoms with Crippen molar-refractivity contribution in [3.05, 3.63) is 23.8 Å². The Hall–Kier alpha value is -1.26. The molecule has 2 N–H and O–H groups in total. The SMILES string of the molecule is Cc1cc(OCC2CN(C(C)C)CCO2)ccc1N. The third kappa shape index (κ3) is 3.85. The van der Waals surface area contributed by atoms with Gasteiger partial charge in [0, 0.05) is 24.8 Å². The molecule has 0 bridgehead atoms. The molecule has 0 radical (unpaired) electrons. The number of aryl methyl sites for hydroxylation is 1. The lowest BCUT2D eigenvalue weighted by Crippen LogP contribution is -2.47. The van der Waals surface area contributed by atoms with Crippen molar-refractivity contribution in [3.8, 4) is 5.75 Å². The molecule has 4 heteroatoms. The molecule has 1 aromatic carbocycles. The van der Waals surface area contributed by atoms with Crippen LogP contribution in [0, 0.1) is 6.92 Å². The molecule has 1 aliphatic rings. The summed E-state index contributed by atoms with van der Waals surface area (Å²) in [6.45, 7) is 9.74. The van der Waals surface area contributed by atoms with Crippen LogP contribution in [-0.2, 0) is 4.74 Å². The molecule has 19 heavy (non-hydrogen) atoms. The summed E-state index contributed by atoms with van der Waals surface area (Å²) in [5.41, 5.74) is 7.64. The monoisotopic (exact) mass is 264 g/mol. The van der Waals surface area contributed by atoms with Crippen LogP contribution in [0.25, 0.3) is 0 Å². The van der Waals surface area contributed by atoms with E-state index in [1.54, 1.807) is 0 Å². The number of nitrogens with two attached hydrogens (primary N) is 1. The van der Waals surface area contributed by atoms with Gasteiger partial charge in [0.1, 0.15) is 18.5 Å². The molecule has 0 spiro atoms. The summed E-state index contributed by atoms with van der Waals surface area (Å²) >= 11 is 0. The Kier molecular flexibility index (Phi) is 4.66. The number of anilines is 1. The van der Waals surface area contributed by atoms with Crippen molar-refractivity contribution in [2.45, 2.75) is 32.9 Å². The second-order valence-corrected chi connectivity index (χ2v) is 5.41. The Labute approximate surface area is 115 Å². The van der Waals surface area contributed by atoms with Crippen molar-refractivity contribution in [1.29, 1.82) is 0 Å². The number of hydrogen-bond acceptors (Lipinski definition) is 4. The average molecular weight is 264 g/mol. The second kappa shape index (κ2) is 6.26. The lowest BCUT2D eigenvalue weighted by atomic mass is 10.2. The molecule has 0 aromatic heterocycles. The van der Waals surface area contributed by atoms with Crippen LogP contribution in [0.15, 0.2) is 18.2 Å². The molecule has 4 nitrogen and oxygen atoms in total. The van der Waals surface area contributed by atoms with Gasteiger partial charge >= 0.3 is 0 Å². The van der Waals surface area contributed by atoms with E-state index in [2.05, 4.69) is 18.7 Å². The molecule has 106 valence electrons. The molecule has 1 unspecified atom stereocenters. The van der Waals surface area contributed by atoms with Crippen molar-refractivity contribution in [2.75, 3.05) is 32.0 Å². The summed E-state index contributed by atoms with van der Waals surface area (Å²) in [6.07, 6.45) is 0.147. The van der Waals surface area contributed by atoms with Crippen LogP contribution in [0.2, 0.25) is 0 Å². The summed E-state index contributed by atoms with van der Waals surface area (Å²) < 4.78 is 11.5. The maximum Gasteiger partial charge on any atom is 0.119 e. The molecule has 1 saturated heterocycles. The Balaban J connectivity index is 1.86. The largest absolute Gasteiger partial charge is 0.491 e. The van der Waals surface area contributed by atoms with Gasteiger partial charge in [-0.25, -0.2) is 0 Å². The molecule has 0 saturated carbocycles. The number of benzene rings is 1. The van der Waals surface area contributed by atoms with Crippen LogP contribution in [0.1, 0.15) is 19.4 Å². The van der Waals surface area contributed by atoms with Crippen molar-refractivity contribution >= 4 is 5.69 Å². The minimum atomic E-state index is 0.147. The van der Waals surface area contributed by atoms with E-state index >= 15 is 0 Å². The van der Waals surface area contributed by atoms with Crippen molar-refractivity contribution < 1.29 is 9.47 Å². The lowest BCUT2D eigenvalue weighted by molar-refractivity contribution is -0.0564. The first-order chi connectivity index (χ1) is 9.06. The van der Waals surface area contributed by atoms with E-state index in [1.165, 1.54) is 0 Å². The number of ether oxygens (including phenoxy) is 2. The fraction of sp³-hybridized carbons (Fsp3) is 0.600. The van der Waals surface area contributed by atoms with Gasteiger partial charge in [-0.05, 0) is 44.5 Å². The summed E-state index contributed by atoms with van der Waals surface area (Å²) in [4.78, 5) is 2.42.